The molecule has 4 rings (SSSR count). The van der Waals surface area contributed by atoms with E-state index in [2.05, 4.69) is 5.32 Å². The van der Waals surface area contributed by atoms with Crippen molar-refractivity contribution < 1.29 is 18.0 Å². The molecular formula is C29H29F3N4O2. The highest BCUT2D eigenvalue weighted by Crippen LogP contribution is 2.31. The Kier molecular flexibility index (Phi) is 7.85. The Morgan fingerprint density at radius 1 is 1.00 bits per heavy atom. The summed E-state index contributed by atoms with van der Waals surface area (Å²) in [4.78, 5) is 33.4. The molecule has 9 heteroatoms. The Morgan fingerprint density at radius 3 is 2.34 bits per heavy atom. The molecule has 198 valence electrons. The molecule has 6 nitrogen and oxygen atoms in total. The van der Waals surface area contributed by atoms with E-state index < -0.39 is 23.8 Å². The van der Waals surface area contributed by atoms with Crippen LogP contribution in [-0.4, -0.2) is 27.0 Å². The van der Waals surface area contributed by atoms with Crippen LogP contribution in [-0.2, 0) is 12.6 Å². The first kappa shape index (κ1) is 26.9. The van der Waals surface area contributed by atoms with Gasteiger partial charge in [-0.3, -0.25) is 9.36 Å². The minimum Gasteiger partial charge on any atom is -0.315 e. The van der Waals surface area contributed by atoms with Gasteiger partial charge in [-0.15, -0.1) is 0 Å². The SMILES string of the molecule is CCc1ccc(-n2c(C(CC)N(CC)C(=O)Nc3cccc(C(F)(F)F)c3)nc3ccccc3c2=O)cc1. The number of hydrogen-bond donors (Lipinski definition) is 1. The quantitative estimate of drug-likeness (QED) is 0.285. The van der Waals surface area contributed by atoms with Crippen molar-refractivity contribution in [3.8, 4) is 5.69 Å². The van der Waals surface area contributed by atoms with Gasteiger partial charge in [0, 0.05) is 12.2 Å². The summed E-state index contributed by atoms with van der Waals surface area (Å²) in [5.41, 5.74) is 1.14. The molecule has 1 atom stereocenters. The Balaban J connectivity index is 1.80. The van der Waals surface area contributed by atoms with Crippen LogP contribution in [0.3, 0.4) is 0 Å². The number of nitrogens with zero attached hydrogens (tertiary/aromatic N) is 3. The number of carbonyl (C=O) groups is 1. The second kappa shape index (κ2) is 11.1. The third-order valence-corrected chi connectivity index (χ3v) is 6.51. The van der Waals surface area contributed by atoms with Gasteiger partial charge in [-0.2, -0.15) is 13.2 Å². The lowest BCUT2D eigenvalue weighted by atomic mass is 10.1. The number of carbonyl (C=O) groups excluding carboxylic acids is 1. The third kappa shape index (κ3) is 5.41. The number of aryl methyl sites for hydroxylation is 1. The highest BCUT2D eigenvalue weighted by atomic mass is 19.4. The predicted molar refractivity (Wildman–Crippen MR) is 143 cm³/mol. The second-order valence-electron chi connectivity index (χ2n) is 8.87. The van der Waals surface area contributed by atoms with Crippen molar-refractivity contribution >= 4 is 22.6 Å². The normalized spacial score (nSPS) is 12.4. The summed E-state index contributed by atoms with van der Waals surface area (Å²) in [5, 5.41) is 3.03. The molecule has 0 saturated heterocycles. The molecule has 1 N–H and O–H groups in total. The summed E-state index contributed by atoms with van der Waals surface area (Å²) in [6.45, 7) is 5.92. The summed E-state index contributed by atoms with van der Waals surface area (Å²) >= 11 is 0. The monoisotopic (exact) mass is 522 g/mol. The summed E-state index contributed by atoms with van der Waals surface area (Å²) in [5.74, 6) is 0.376. The van der Waals surface area contributed by atoms with E-state index in [1.54, 1.807) is 31.2 Å². The number of alkyl halides is 3. The van der Waals surface area contributed by atoms with Crippen LogP contribution in [0.4, 0.5) is 23.7 Å². The van der Waals surface area contributed by atoms with E-state index in [1.165, 1.54) is 21.6 Å². The molecule has 0 aliphatic rings. The van der Waals surface area contributed by atoms with Gasteiger partial charge in [0.2, 0.25) is 0 Å². The van der Waals surface area contributed by atoms with Crippen molar-refractivity contribution in [1.29, 1.82) is 0 Å². The van der Waals surface area contributed by atoms with Crippen molar-refractivity contribution in [3.05, 3.63) is 100 Å². The number of hydrogen-bond acceptors (Lipinski definition) is 3. The first-order valence-electron chi connectivity index (χ1n) is 12.5. The molecule has 2 amide bonds. The molecule has 1 heterocycles. The van der Waals surface area contributed by atoms with Crippen LogP contribution < -0.4 is 10.9 Å². The molecule has 0 fully saturated rings. The Labute approximate surface area is 218 Å². The van der Waals surface area contributed by atoms with Gasteiger partial charge < -0.3 is 10.2 Å². The molecular weight excluding hydrogens is 493 g/mol. The minimum atomic E-state index is -4.53. The molecule has 0 saturated carbocycles. The first-order valence-corrected chi connectivity index (χ1v) is 12.5. The van der Waals surface area contributed by atoms with Crippen LogP contribution in [0.1, 0.15) is 50.2 Å². The summed E-state index contributed by atoms with van der Waals surface area (Å²) in [7, 11) is 0. The lowest BCUT2D eigenvalue weighted by Crippen LogP contribution is -2.40. The zero-order valence-corrected chi connectivity index (χ0v) is 21.4. The number of para-hydroxylation sites is 1. The minimum absolute atomic E-state index is 0.0251. The highest BCUT2D eigenvalue weighted by Gasteiger charge is 2.31. The first-order chi connectivity index (χ1) is 18.2. The number of aromatic nitrogens is 2. The molecule has 0 bridgehead atoms. The van der Waals surface area contributed by atoms with Crippen LogP contribution in [0, 0.1) is 0 Å². The number of urea groups is 1. The van der Waals surface area contributed by atoms with Crippen LogP contribution in [0.5, 0.6) is 0 Å². The molecule has 1 aromatic heterocycles. The molecule has 0 radical (unpaired) electrons. The van der Waals surface area contributed by atoms with Gasteiger partial charge in [0.25, 0.3) is 5.56 Å². The molecule has 0 aliphatic heterocycles. The molecule has 0 aliphatic carbocycles. The highest BCUT2D eigenvalue weighted by molar-refractivity contribution is 5.89. The number of rotatable bonds is 7. The van der Waals surface area contributed by atoms with Gasteiger partial charge in [-0.1, -0.05) is 44.2 Å². The molecule has 38 heavy (non-hydrogen) atoms. The summed E-state index contributed by atoms with van der Waals surface area (Å²) < 4.78 is 41.1. The maximum atomic E-state index is 13.7. The van der Waals surface area contributed by atoms with Crippen molar-refractivity contribution in [2.75, 3.05) is 11.9 Å². The van der Waals surface area contributed by atoms with E-state index in [9.17, 15) is 22.8 Å². The predicted octanol–water partition coefficient (Wildman–Crippen LogP) is 6.97. The van der Waals surface area contributed by atoms with E-state index in [1.807, 2.05) is 38.1 Å². The van der Waals surface area contributed by atoms with E-state index >= 15 is 0 Å². The van der Waals surface area contributed by atoms with Gasteiger partial charge in [-0.05, 0) is 67.8 Å². The average molecular weight is 523 g/mol. The van der Waals surface area contributed by atoms with Crippen LogP contribution in [0.2, 0.25) is 0 Å². The van der Waals surface area contributed by atoms with Crippen LogP contribution >= 0.6 is 0 Å². The van der Waals surface area contributed by atoms with Gasteiger partial charge in [-0.25, -0.2) is 9.78 Å². The largest absolute Gasteiger partial charge is 0.416 e. The number of fused-ring (bicyclic) bond motifs is 1. The van der Waals surface area contributed by atoms with Gasteiger partial charge in [0.15, 0.2) is 0 Å². The molecule has 0 spiro atoms. The van der Waals surface area contributed by atoms with Crippen LogP contribution in [0.25, 0.3) is 16.6 Å². The zero-order valence-electron chi connectivity index (χ0n) is 21.4. The molecule has 4 aromatic rings. The summed E-state index contributed by atoms with van der Waals surface area (Å²) in [6, 6.07) is 17.9. The van der Waals surface area contributed by atoms with Gasteiger partial charge in [0.1, 0.15) is 5.82 Å². The second-order valence-corrected chi connectivity index (χ2v) is 8.87. The van der Waals surface area contributed by atoms with Gasteiger partial charge >= 0.3 is 12.2 Å². The average Bonchev–Trinajstić information content (AvgIpc) is 2.91. The van der Waals surface area contributed by atoms with Crippen molar-refractivity contribution in [1.82, 2.24) is 14.5 Å². The number of benzene rings is 3. The molecule has 1 unspecified atom stereocenters. The lowest BCUT2D eigenvalue weighted by Gasteiger charge is -2.31. The van der Waals surface area contributed by atoms with Gasteiger partial charge in [0.05, 0.1) is 28.2 Å². The standard InChI is InChI=1S/C29H29F3N4O2/c1-4-19-14-16-22(17-15-19)36-26(34-24-13-8-7-12-23(24)27(36)37)25(5-2)35(6-3)28(38)33-21-11-9-10-20(18-21)29(30,31)32/h7-18,25H,4-6H2,1-3H3,(H,33,38). The maximum Gasteiger partial charge on any atom is 0.416 e. The topological polar surface area (TPSA) is 67.2 Å². The fourth-order valence-corrected chi connectivity index (χ4v) is 4.52. The lowest BCUT2D eigenvalue weighted by molar-refractivity contribution is -0.137. The zero-order chi connectivity index (χ0) is 27.4. The number of amides is 2. The van der Waals surface area contributed by atoms with Crippen molar-refractivity contribution in [2.24, 2.45) is 0 Å². The van der Waals surface area contributed by atoms with E-state index in [0.29, 0.717) is 28.8 Å². The van der Waals surface area contributed by atoms with Crippen molar-refractivity contribution in [2.45, 2.75) is 45.8 Å². The number of nitrogens with one attached hydrogen (secondary N) is 1. The third-order valence-electron chi connectivity index (χ3n) is 6.51. The number of halogens is 3. The van der Waals surface area contributed by atoms with Crippen molar-refractivity contribution in [3.63, 3.8) is 0 Å². The van der Waals surface area contributed by atoms with E-state index in [4.69, 9.17) is 4.98 Å². The van der Waals surface area contributed by atoms with E-state index in [0.717, 1.165) is 24.1 Å². The maximum absolute atomic E-state index is 13.7. The smallest absolute Gasteiger partial charge is 0.315 e. The van der Waals surface area contributed by atoms with Crippen LogP contribution in [0.15, 0.2) is 77.6 Å². The molecule has 3 aromatic carbocycles. The number of anilines is 1. The Morgan fingerprint density at radius 2 is 1.71 bits per heavy atom. The Bertz CT molecular complexity index is 1500. The van der Waals surface area contributed by atoms with E-state index in [-0.39, 0.29) is 17.8 Å². The fourth-order valence-electron chi connectivity index (χ4n) is 4.52. The summed E-state index contributed by atoms with van der Waals surface area (Å²) in [6.07, 6.45) is -3.27. The fraction of sp³-hybridized carbons (Fsp3) is 0.276. The Hall–Kier alpha value is -4.14.